The zero-order valence-corrected chi connectivity index (χ0v) is 14.0. The van der Waals surface area contributed by atoms with Gasteiger partial charge in [-0.05, 0) is 57.4 Å². The van der Waals surface area contributed by atoms with Gasteiger partial charge in [-0.3, -0.25) is 4.79 Å². The van der Waals surface area contributed by atoms with E-state index >= 15 is 0 Å². The van der Waals surface area contributed by atoms with E-state index in [1.165, 1.54) is 0 Å². The first-order chi connectivity index (χ1) is 11.0. The van der Waals surface area contributed by atoms with Crippen molar-refractivity contribution in [1.29, 1.82) is 0 Å². The highest BCUT2D eigenvalue weighted by Crippen LogP contribution is 2.16. The summed E-state index contributed by atoms with van der Waals surface area (Å²) >= 11 is 5.85. The van der Waals surface area contributed by atoms with E-state index in [0.29, 0.717) is 23.2 Å². The van der Waals surface area contributed by atoms with Gasteiger partial charge in [-0.15, -0.1) is 0 Å². The van der Waals surface area contributed by atoms with E-state index in [9.17, 15) is 4.79 Å². The Morgan fingerprint density at radius 1 is 1.22 bits per heavy atom. The average Bonchev–Trinajstić information content (AvgIpc) is 2.54. The maximum Gasteiger partial charge on any atom is 0.270 e. The van der Waals surface area contributed by atoms with Gasteiger partial charge in [0, 0.05) is 23.5 Å². The zero-order chi connectivity index (χ0) is 16.7. The highest BCUT2D eigenvalue weighted by molar-refractivity contribution is 6.30. The Morgan fingerprint density at radius 3 is 2.65 bits per heavy atom. The number of anilines is 2. The molecule has 1 aromatic heterocycles. The maximum atomic E-state index is 12.1. The second-order valence-corrected chi connectivity index (χ2v) is 5.75. The molecular formula is C16H20ClN5O. The van der Waals surface area contributed by atoms with Crippen molar-refractivity contribution < 1.29 is 4.79 Å². The van der Waals surface area contributed by atoms with Crippen LogP contribution in [0, 0.1) is 0 Å². The molecule has 2 rings (SSSR count). The molecule has 0 aliphatic rings. The van der Waals surface area contributed by atoms with Gasteiger partial charge in [0.05, 0.1) is 0 Å². The molecule has 7 heteroatoms. The van der Waals surface area contributed by atoms with Crippen LogP contribution in [0.5, 0.6) is 0 Å². The lowest BCUT2D eigenvalue weighted by Gasteiger charge is -2.10. The topological polar surface area (TPSA) is 70.2 Å². The third-order valence-electron chi connectivity index (χ3n) is 3.06. The predicted octanol–water partition coefficient (Wildman–Crippen LogP) is 2.56. The van der Waals surface area contributed by atoms with E-state index < -0.39 is 0 Å². The fraction of sp³-hybridized carbons (Fsp3) is 0.312. The molecule has 0 bridgehead atoms. The van der Waals surface area contributed by atoms with Crippen molar-refractivity contribution in [3.63, 3.8) is 0 Å². The molecule has 0 fully saturated rings. The highest BCUT2D eigenvalue weighted by Gasteiger charge is 2.08. The average molecular weight is 334 g/mol. The number of carbonyl (C=O) groups is 1. The third-order valence-corrected chi connectivity index (χ3v) is 3.31. The van der Waals surface area contributed by atoms with Gasteiger partial charge in [0.25, 0.3) is 5.91 Å². The number of halogens is 1. The lowest BCUT2D eigenvalue weighted by atomic mass is 10.3. The first-order valence-electron chi connectivity index (χ1n) is 7.33. The Hall–Kier alpha value is -2.18. The molecule has 0 saturated heterocycles. The predicted molar refractivity (Wildman–Crippen MR) is 92.3 cm³/mol. The minimum Gasteiger partial charge on any atom is -0.351 e. The molecule has 0 spiro atoms. The van der Waals surface area contributed by atoms with Crippen molar-refractivity contribution in [2.24, 2.45) is 0 Å². The Balaban J connectivity index is 1.93. The largest absolute Gasteiger partial charge is 0.351 e. The van der Waals surface area contributed by atoms with Crippen LogP contribution in [0.4, 0.5) is 11.6 Å². The third kappa shape index (κ3) is 5.84. The van der Waals surface area contributed by atoms with Crippen LogP contribution in [0.2, 0.25) is 5.02 Å². The van der Waals surface area contributed by atoms with Crippen LogP contribution in [-0.2, 0) is 0 Å². The van der Waals surface area contributed by atoms with Crippen LogP contribution in [0.3, 0.4) is 0 Å². The fourth-order valence-electron chi connectivity index (χ4n) is 1.90. The summed E-state index contributed by atoms with van der Waals surface area (Å²) in [7, 11) is 4.00. The maximum absolute atomic E-state index is 12.1. The number of amides is 1. The van der Waals surface area contributed by atoms with E-state index in [4.69, 9.17) is 11.6 Å². The Morgan fingerprint density at radius 2 is 1.96 bits per heavy atom. The number of aromatic nitrogens is 2. The van der Waals surface area contributed by atoms with Gasteiger partial charge >= 0.3 is 0 Å². The Bertz CT molecular complexity index is 645. The Labute approximate surface area is 140 Å². The molecule has 0 radical (unpaired) electrons. The first-order valence-corrected chi connectivity index (χ1v) is 7.71. The Kier molecular flexibility index (Phi) is 6.31. The number of hydrogen-bond acceptors (Lipinski definition) is 5. The number of benzene rings is 1. The monoisotopic (exact) mass is 333 g/mol. The molecule has 23 heavy (non-hydrogen) atoms. The normalized spacial score (nSPS) is 10.6. The van der Waals surface area contributed by atoms with E-state index in [1.807, 2.05) is 26.2 Å². The minimum absolute atomic E-state index is 0.203. The smallest absolute Gasteiger partial charge is 0.270 e. The number of nitrogens with zero attached hydrogens (tertiary/aromatic N) is 3. The van der Waals surface area contributed by atoms with E-state index in [2.05, 4.69) is 25.5 Å². The number of nitrogens with one attached hydrogen (secondary N) is 2. The molecular weight excluding hydrogens is 314 g/mol. The molecule has 1 amide bonds. The molecule has 0 aliphatic heterocycles. The number of carbonyl (C=O) groups excluding carboxylic acids is 1. The summed E-state index contributed by atoms with van der Waals surface area (Å²) in [5, 5.41) is 6.55. The van der Waals surface area contributed by atoms with E-state index in [1.54, 1.807) is 24.4 Å². The molecule has 0 unspecified atom stereocenters. The van der Waals surface area contributed by atoms with Gasteiger partial charge in [-0.2, -0.15) is 0 Å². The molecule has 2 N–H and O–H groups in total. The van der Waals surface area contributed by atoms with Gasteiger partial charge in [0.1, 0.15) is 5.69 Å². The van der Waals surface area contributed by atoms with Gasteiger partial charge in [-0.25, -0.2) is 9.97 Å². The number of rotatable bonds is 7. The van der Waals surface area contributed by atoms with E-state index in [0.717, 1.165) is 18.7 Å². The molecule has 2 aromatic rings. The summed E-state index contributed by atoms with van der Waals surface area (Å²) < 4.78 is 0. The van der Waals surface area contributed by atoms with Gasteiger partial charge in [-0.1, -0.05) is 11.6 Å². The molecule has 1 heterocycles. The van der Waals surface area contributed by atoms with Crippen molar-refractivity contribution in [2.45, 2.75) is 6.42 Å². The lowest BCUT2D eigenvalue weighted by Crippen LogP contribution is -2.28. The van der Waals surface area contributed by atoms with Crippen LogP contribution < -0.4 is 10.6 Å². The van der Waals surface area contributed by atoms with Gasteiger partial charge < -0.3 is 15.5 Å². The van der Waals surface area contributed by atoms with Gasteiger partial charge in [0.15, 0.2) is 0 Å². The summed E-state index contributed by atoms with van der Waals surface area (Å²) in [5.41, 5.74) is 1.14. The SMILES string of the molecule is CN(C)CCCNC(=O)c1ccnc(Nc2ccc(Cl)cc2)n1. The first kappa shape index (κ1) is 17.2. The summed E-state index contributed by atoms with van der Waals surface area (Å²) in [5.74, 6) is 0.165. The molecule has 0 aliphatic carbocycles. The van der Waals surface area contributed by atoms with Crippen LogP contribution >= 0.6 is 11.6 Å². The van der Waals surface area contributed by atoms with Crippen molar-refractivity contribution in [3.8, 4) is 0 Å². The van der Waals surface area contributed by atoms with E-state index in [-0.39, 0.29) is 5.91 Å². The van der Waals surface area contributed by atoms with Crippen LogP contribution in [-0.4, -0.2) is 48.0 Å². The second kappa shape index (κ2) is 8.45. The lowest BCUT2D eigenvalue weighted by molar-refractivity contribution is 0.0947. The van der Waals surface area contributed by atoms with Gasteiger partial charge in [0.2, 0.25) is 5.95 Å². The summed E-state index contributed by atoms with van der Waals surface area (Å²) in [6.45, 7) is 1.54. The molecule has 1 aromatic carbocycles. The molecule has 122 valence electrons. The quantitative estimate of drug-likeness (QED) is 0.762. The molecule has 6 nitrogen and oxygen atoms in total. The van der Waals surface area contributed by atoms with Crippen molar-refractivity contribution in [2.75, 3.05) is 32.5 Å². The second-order valence-electron chi connectivity index (χ2n) is 5.31. The number of hydrogen-bond donors (Lipinski definition) is 2. The van der Waals surface area contributed by atoms with Crippen LogP contribution in [0.25, 0.3) is 0 Å². The fourth-order valence-corrected chi connectivity index (χ4v) is 2.02. The minimum atomic E-state index is -0.203. The zero-order valence-electron chi connectivity index (χ0n) is 13.2. The summed E-state index contributed by atoms with van der Waals surface area (Å²) in [6, 6.07) is 8.77. The van der Waals surface area contributed by atoms with Crippen molar-refractivity contribution in [1.82, 2.24) is 20.2 Å². The van der Waals surface area contributed by atoms with Crippen molar-refractivity contribution >= 4 is 29.1 Å². The van der Waals surface area contributed by atoms with Crippen molar-refractivity contribution in [3.05, 3.63) is 47.2 Å². The van der Waals surface area contributed by atoms with Crippen LogP contribution in [0.1, 0.15) is 16.9 Å². The highest BCUT2D eigenvalue weighted by atomic mass is 35.5. The summed E-state index contributed by atoms with van der Waals surface area (Å²) in [4.78, 5) is 22.5. The van der Waals surface area contributed by atoms with Crippen LogP contribution in [0.15, 0.2) is 36.5 Å². The molecule has 0 saturated carbocycles. The standard InChI is InChI=1S/C16H20ClN5O/c1-22(2)11-3-9-18-15(23)14-8-10-19-16(21-14)20-13-6-4-12(17)5-7-13/h4-8,10H,3,9,11H2,1-2H3,(H,18,23)(H,19,20,21). The summed E-state index contributed by atoms with van der Waals surface area (Å²) in [6.07, 6.45) is 2.44. The molecule has 0 atom stereocenters.